The van der Waals surface area contributed by atoms with Crippen LogP contribution in [0.25, 0.3) is 0 Å². The predicted molar refractivity (Wildman–Crippen MR) is 63.1 cm³/mol. The van der Waals surface area contributed by atoms with Gasteiger partial charge in [-0.1, -0.05) is 6.92 Å². The molecule has 0 amide bonds. The van der Waals surface area contributed by atoms with E-state index in [-0.39, 0.29) is 11.7 Å². The van der Waals surface area contributed by atoms with E-state index in [1.807, 2.05) is 20.8 Å². The number of carbonyl (C=O) groups excluding carboxylic acids is 1. The van der Waals surface area contributed by atoms with E-state index in [1.54, 1.807) is 11.3 Å². The number of Topliss-reactive ketones (excluding diaryl/α,β-unsaturated/α-hetero) is 1. The van der Waals surface area contributed by atoms with Crippen molar-refractivity contribution in [2.24, 2.45) is 11.7 Å². The molecule has 0 radical (unpaired) electrons. The van der Waals surface area contributed by atoms with Gasteiger partial charge in [0.1, 0.15) is 10.8 Å². The van der Waals surface area contributed by atoms with Crippen LogP contribution >= 0.6 is 11.3 Å². The van der Waals surface area contributed by atoms with E-state index in [2.05, 4.69) is 4.98 Å². The third kappa shape index (κ3) is 3.72. The zero-order chi connectivity index (χ0) is 11.4. The first kappa shape index (κ1) is 12.3. The van der Waals surface area contributed by atoms with Gasteiger partial charge in [0, 0.05) is 11.3 Å². The second-order valence-electron chi connectivity index (χ2n) is 4.01. The first-order valence-electron chi connectivity index (χ1n) is 5.17. The van der Waals surface area contributed by atoms with Gasteiger partial charge in [0.05, 0.1) is 12.1 Å². The molecule has 0 saturated carbocycles. The van der Waals surface area contributed by atoms with Crippen LogP contribution in [-0.4, -0.2) is 17.3 Å². The molecule has 1 atom stereocenters. The Kier molecular flexibility index (Phi) is 4.42. The fourth-order valence-electron chi connectivity index (χ4n) is 1.33. The Bertz CT molecular complexity index is 327. The fraction of sp³-hybridized carbons (Fsp3) is 0.636. The Morgan fingerprint density at radius 2 is 2.20 bits per heavy atom. The summed E-state index contributed by atoms with van der Waals surface area (Å²) in [4.78, 5) is 17.2. The highest BCUT2D eigenvalue weighted by atomic mass is 32.1. The van der Waals surface area contributed by atoms with Crippen LogP contribution in [0.4, 0.5) is 0 Å². The van der Waals surface area contributed by atoms with Crippen molar-refractivity contribution < 1.29 is 4.79 Å². The minimum Gasteiger partial charge on any atom is -0.330 e. The molecule has 0 aliphatic heterocycles. The number of ketones is 1. The molecule has 1 aromatic rings. The lowest BCUT2D eigenvalue weighted by Gasteiger charge is -2.05. The van der Waals surface area contributed by atoms with Crippen LogP contribution in [0.1, 0.15) is 28.9 Å². The van der Waals surface area contributed by atoms with E-state index in [1.165, 1.54) is 4.88 Å². The van der Waals surface area contributed by atoms with Crippen molar-refractivity contribution in [1.82, 2.24) is 4.98 Å². The summed E-state index contributed by atoms with van der Waals surface area (Å²) in [5, 5.41) is 0.930. The second-order valence-corrected chi connectivity index (χ2v) is 5.30. The molecule has 1 unspecified atom stereocenters. The summed E-state index contributed by atoms with van der Waals surface area (Å²) >= 11 is 1.61. The molecule has 1 rings (SSSR count). The number of thiazole rings is 1. The number of aromatic nitrogens is 1. The third-order valence-electron chi connectivity index (χ3n) is 2.40. The minimum absolute atomic E-state index is 0.238. The number of nitrogens with zero attached hydrogens (tertiary/aromatic N) is 1. The van der Waals surface area contributed by atoms with Crippen LogP contribution in [-0.2, 0) is 11.2 Å². The van der Waals surface area contributed by atoms with Gasteiger partial charge in [-0.15, -0.1) is 11.3 Å². The Morgan fingerprint density at radius 1 is 1.53 bits per heavy atom. The summed E-state index contributed by atoms with van der Waals surface area (Å²) in [5.41, 5.74) is 6.51. The third-order valence-corrected chi connectivity index (χ3v) is 3.47. The molecule has 4 heteroatoms. The molecule has 1 aromatic heterocycles. The normalized spacial score (nSPS) is 12.8. The van der Waals surface area contributed by atoms with Crippen LogP contribution in [0.5, 0.6) is 0 Å². The van der Waals surface area contributed by atoms with Crippen molar-refractivity contribution >= 4 is 17.1 Å². The highest BCUT2D eigenvalue weighted by Gasteiger charge is 2.11. The fourth-order valence-corrected chi connectivity index (χ4v) is 2.29. The zero-order valence-electron chi connectivity index (χ0n) is 9.54. The molecule has 0 saturated heterocycles. The highest BCUT2D eigenvalue weighted by Crippen LogP contribution is 2.17. The maximum atomic E-state index is 11.6. The number of rotatable bonds is 5. The van der Waals surface area contributed by atoms with Crippen molar-refractivity contribution in [3.8, 4) is 0 Å². The quantitative estimate of drug-likeness (QED) is 0.833. The molecule has 84 valence electrons. The monoisotopic (exact) mass is 226 g/mol. The average molecular weight is 226 g/mol. The van der Waals surface area contributed by atoms with Crippen LogP contribution in [0, 0.1) is 19.8 Å². The molecule has 1 heterocycles. The number of nitrogens with two attached hydrogens (primary N) is 1. The van der Waals surface area contributed by atoms with Crippen LogP contribution in [0.2, 0.25) is 0 Å². The van der Waals surface area contributed by atoms with Gasteiger partial charge in [-0.05, 0) is 26.3 Å². The van der Waals surface area contributed by atoms with Crippen molar-refractivity contribution in [3.63, 3.8) is 0 Å². The number of hydrogen-bond donors (Lipinski definition) is 1. The van der Waals surface area contributed by atoms with Gasteiger partial charge >= 0.3 is 0 Å². The topological polar surface area (TPSA) is 56.0 Å². The van der Waals surface area contributed by atoms with Crippen LogP contribution in [0.15, 0.2) is 0 Å². The van der Waals surface area contributed by atoms with Gasteiger partial charge in [0.2, 0.25) is 0 Å². The summed E-state index contributed by atoms with van der Waals surface area (Å²) in [6.45, 7) is 6.57. The summed E-state index contributed by atoms with van der Waals surface area (Å²) in [5.74, 6) is 0.515. The summed E-state index contributed by atoms with van der Waals surface area (Å²) in [7, 11) is 0. The van der Waals surface area contributed by atoms with Gasteiger partial charge < -0.3 is 5.73 Å². The number of hydrogen-bond acceptors (Lipinski definition) is 4. The smallest absolute Gasteiger partial charge is 0.140 e. The number of aryl methyl sites for hydroxylation is 2. The van der Waals surface area contributed by atoms with E-state index in [4.69, 9.17) is 5.73 Å². The molecule has 0 aliphatic carbocycles. The van der Waals surface area contributed by atoms with E-state index in [0.29, 0.717) is 19.4 Å². The molecule has 3 nitrogen and oxygen atoms in total. The lowest BCUT2D eigenvalue weighted by atomic mass is 10.0. The summed E-state index contributed by atoms with van der Waals surface area (Å²) in [6.07, 6.45) is 1.03. The van der Waals surface area contributed by atoms with Gasteiger partial charge in [-0.25, -0.2) is 4.98 Å². The molecule has 0 aromatic carbocycles. The van der Waals surface area contributed by atoms with Crippen molar-refractivity contribution in [3.05, 3.63) is 15.6 Å². The van der Waals surface area contributed by atoms with Crippen molar-refractivity contribution in [2.75, 3.05) is 6.54 Å². The lowest BCUT2D eigenvalue weighted by Crippen LogP contribution is -2.16. The van der Waals surface area contributed by atoms with E-state index in [9.17, 15) is 4.79 Å². The molecule has 0 aliphatic rings. The zero-order valence-corrected chi connectivity index (χ0v) is 10.4. The van der Waals surface area contributed by atoms with Gasteiger partial charge in [-0.2, -0.15) is 0 Å². The molecule has 0 bridgehead atoms. The predicted octanol–water partition coefficient (Wildman–Crippen LogP) is 1.86. The lowest BCUT2D eigenvalue weighted by molar-refractivity contribution is -0.119. The van der Waals surface area contributed by atoms with Crippen LogP contribution in [0.3, 0.4) is 0 Å². The minimum atomic E-state index is 0.238. The first-order valence-corrected chi connectivity index (χ1v) is 5.99. The Labute approximate surface area is 94.7 Å². The number of carbonyl (C=O) groups is 1. The summed E-state index contributed by atoms with van der Waals surface area (Å²) in [6, 6.07) is 0. The van der Waals surface area contributed by atoms with Crippen molar-refractivity contribution in [1.29, 1.82) is 0 Å². The Morgan fingerprint density at radius 3 is 2.67 bits per heavy atom. The molecule has 0 fully saturated rings. The molecule has 0 spiro atoms. The van der Waals surface area contributed by atoms with Crippen molar-refractivity contribution in [2.45, 2.75) is 33.6 Å². The maximum Gasteiger partial charge on any atom is 0.140 e. The second kappa shape index (κ2) is 5.37. The van der Waals surface area contributed by atoms with Gasteiger partial charge in [0.25, 0.3) is 0 Å². The Balaban J connectivity index is 2.51. The molecule has 2 N–H and O–H groups in total. The van der Waals surface area contributed by atoms with Gasteiger partial charge in [0.15, 0.2) is 0 Å². The van der Waals surface area contributed by atoms with E-state index in [0.717, 1.165) is 10.7 Å². The average Bonchev–Trinajstić information content (AvgIpc) is 2.45. The van der Waals surface area contributed by atoms with E-state index < -0.39 is 0 Å². The largest absolute Gasteiger partial charge is 0.330 e. The van der Waals surface area contributed by atoms with Crippen LogP contribution < -0.4 is 5.73 Å². The Hall–Kier alpha value is -0.740. The summed E-state index contributed by atoms with van der Waals surface area (Å²) < 4.78 is 0. The highest BCUT2D eigenvalue weighted by molar-refractivity contribution is 7.11. The molecular weight excluding hydrogens is 208 g/mol. The molecular formula is C11H18N2OS. The molecule has 15 heavy (non-hydrogen) atoms. The maximum absolute atomic E-state index is 11.6. The first-order chi connectivity index (χ1) is 7.02. The van der Waals surface area contributed by atoms with Gasteiger partial charge in [-0.3, -0.25) is 4.79 Å². The standard InChI is InChI=1S/C11H18N2OS/c1-7(6-12)4-10(14)5-11-13-8(2)9(3)15-11/h7H,4-6,12H2,1-3H3. The van der Waals surface area contributed by atoms with E-state index >= 15 is 0 Å². The SMILES string of the molecule is Cc1nc(CC(=O)CC(C)CN)sc1C.